The van der Waals surface area contributed by atoms with Crippen LogP contribution < -0.4 is 11.1 Å². The number of carbonyl (C=O) groups is 1. The minimum atomic E-state index is -0.428. The Balaban J connectivity index is 1.83. The number of amides is 1. The minimum absolute atomic E-state index is 0.104. The molecule has 3 unspecified atom stereocenters. The number of benzene rings is 1. The third-order valence-electron chi connectivity index (χ3n) is 3.83. The molecule has 110 valence electrons. The zero-order valence-electron chi connectivity index (χ0n) is 12.3. The van der Waals surface area contributed by atoms with E-state index >= 15 is 0 Å². The highest BCUT2D eigenvalue weighted by molar-refractivity contribution is 5.94. The highest BCUT2D eigenvalue weighted by atomic mass is 16.5. The van der Waals surface area contributed by atoms with Gasteiger partial charge in [-0.05, 0) is 49.9 Å². The fourth-order valence-electron chi connectivity index (χ4n) is 2.66. The molecule has 0 radical (unpaired) electrons. The van der Waals surface area contributed by atoms with E-state index in [0.29, 0.717) is 11.6 Å². The fraction of sp³-hybridized carbons (Fsp3) is 0.562. The Kier molecular flexibility index (Phi) is 5.01. The van der Waals surface area contributed by atoms with Crippen LogP contribution in [0.1, 0.15) is 39.5 Å². The average Bonchev–Trinajstić information content (AvgIpc) is 2.41. The second-order valence-corrected chi connectivity index (χ2v) is 5.78. The van der Waals surface area contributed by atoms with Crippen molar-refractivity contribution in [1.29, 1.82) is 0 Å². The molecular weight excluding hydrogens is 252 g/mol. The van der Waals surface area contributed by atoms with E-state index in [1.54, 1.807) is 24.3 Å². The molecule has 0 aromatic heterocycles. The van der Waals surface area contributed by atoms with E-state index < -0.39 is 6.10 Å². The van der Waals surface area contributed by atoms with Gasteiger partial charge >= 0.3 is 0 Å². The lowest BCUT2D eigenvalue weighted by atomic mass is 9.88. The molecule has 4 nitrogen and oxygen atoms in total. The van der Waals surface area contributed by atoms with Gasteiger partial charge in [0.1, 0.15) is 6.10 Å². The molecule has 1 aliphatic carbocycles. The molecule has 1 fully saturated rings. The van der Waals surface area contributed by atoms with Crippen LogP contribution in [0.25, 0.3) is 0 Å². The summed E-state index contributed by atoms with van der Waals surface area (Å²) >= 11 is 0. The number of hydrogen-bond acceptors (Lipinski definition) is 3. The van der Waals surface area contributed by atoms with E-state index in [1.165, 1.54) is 12.8 Å². The Morgan fingerprint density at radius 1 is 1.35 bits per heavy atom. The van der Waals surface area contributed by atoms with Crippen molar-refractivity contribution in [3.8, 4) is 0 Å². The maximum Gasteiger partial charge on any atom is 0.253 e. The van der Waals surface area contributed by atoms with Crippen molar-refractivity contribution < 1.29 is 9.53 Å². The highest BCUT2D eigenvalue weighted by Gasteiger charge is 2.24. The van der Waals surface area contributed by atoms with E-state index in [0.717, 1.165) is 18.5 Å². The maximum absolute atomic E-state index is 12.1. The van der Waals surface area contributed by atoms with Gasteiger partial charge in [-0.1, -0.05) is 19.8 Å². The Bertz CT molecular complexity index is 444. The van der Waals surface area contributed by atoms with Gasteiger partial charge in [-0.25, -0.2) is 0 Å². The lowest BCUT2D eigenvalue weighted by Crippen LogP contribution is -2.33. The molecule has 0 spiro atoms. The van der Waals surface area contributed by atoms with Crippen LogP contribution in [0, 0.1) is 5.92 Å². The van der Waals surface area contributed by atoms with Gasteiger partial charge in [-0.15, -0.1) is 0 Å². The van der Waals surface area contributed by atoms with Crippen LogP contribution in [0.15, 0.2) is 24.3 Å². The van der Waals surface area contributed by atoms with Crippen LogP contribution in [-0.4, -0.2) is 18.1 Å². The molecular formula is C16H24N2O2. The van der Waals surface area contributed by atoms with Crippen LogP contribution in [-0.2, 0) is 9.53 Å². The summed E-state index contributed by atoms with van der Waals surface area (Å²) < 4.78 is 5.88. The first-order chi connectivity index (χ1) is 9.54. The van der Waals surface area contributed by atoms with Crippen LogP contribution in [0.3, 0.4) is 0 Å². The molecule has 0 bridgehead atoms. The summed E-state index contributed by atoms with van der Waals surface area (Å²) in [5.41, 5.74) is 7.05. The van der Waals surface area contributed by atoms with Crippen LogP contribution >= 0.6 is 0 Å². The van der Waals surface area contributed by atoms with Crippen molar-refractivity contribution in [2.75, 3.05) is 11.1 Å². The van der Waals surface area contributed by atoms with Gasteiger partial charge in [-0.3, -0.25) is 4.79 Å². The van der Waals surface area contributed by atoms with Crippen LogP contribution in [0.2, 0.25) is 0 Å². The molecule has 0 saturated heterocycles. The molecule has 1 aromatic carbocycles. The molecule has 1 aromatic rings. The quantitative estimate of drug-likeness (QED) is 0.830. The number of nitrogen functional groups attached to an aromatic ring is 1. The molecule has 4 heteroatoms. The topological polar surface area (TPSA) is 64.3 Å². The summed E-state index contributed by atoms with van der Waals surface area (Å²) in [6.45, 7) is 4.06. The van der Waals surface area contributed by atoms with Gasteiger partial charge in [-0.2, -0.15) is 0 Å². The fourth-order valence-corrected chi connectivity index (χ4v) is 2.66. The van der Waals surface area contributed by atoms with Crippen molar-refractivity contribution in [3.63, 3.8) is 0 Å². The molecule has 3 N–H and O–H groups in total. The first-order valence-electron chi connectivity index (χ1n) is 7.36. The Morgan fingerprint density at radius 2 is 2.05 bits per heavy atom. The van der Waals surface area contributed by atoms with Gasteiger partial charge in [0.15, 0.2) is 0 Å². The van der Waals surface area contributed by atoms with E-state index in [-0.39, 0.29) is 12.0 Å². The SMILES string of the molecule is CC1CCCC(OC(C)C(=O)Nc2ccc(N)cc2)C1. The Hall–Kier alpha value is -1.55. The average molecular weight is 276 g/mol. The highest BCUT2D eigenvalue weighted by Crippen LogP contribution is 2.26. The van der Waals surface area contributed by atoms with Crippen molar-refractivity contribution >= 4 is 17.3 Å². The smallest absolute Gasteiger partial charge is 0.253 e. The number of anilines is 2. The molecule has 1 aliphatic rings. The summed E-state index contributed by atoms with van der Waals surface area (Å²) in [6.07, 6.45) is 4.36. The minimum Gasteiger partial charge on any atom is -0.399 e. The van der Waals surface area contributed by atoms with Crippen LogP contribution in [0.5, 0.6) is 0 Å². The molecule has 2 rings (SSSR count). The van der Waals surface area contributed by atoms with E-state index in [1.807, 2.05) is 6.92 Å². The number of carbonyl (C=O) groups excluding carboxylic acids is 1. The number of nitrogens with two attached hydrogens (primary N) is 1. The van der Waals surface area contributed by atoms with E-state index in [4.69, 9.17) is 10.5 Å². The molecule has 20 heavy (non-hydrogen) atoms. The lowest BCUT2D eigenvalue weighted by molar-refractivity contribution is -0.131. The molecule has 1 amide bonds. The van der Waals surface area contributed by atoms with Crippen molar-refractivity contribution in [3.05, 3.63) is 24.3 Å². The lowest BCUT2D eigenvalue weighted by Gasteiger charge is -2.28. The summed E-state index contributed by atoms with van der Waals surface area (Å²) in [6, 6.07) is 7.12. The first-order valence-corrected chi connectivity index (χ1v) is 7.36. The molecule has 0 aliphatic heterocycles. The predicted molar refractivity (Wildman–Crippen MR) is 81.5 cm³/mol. The van der Waals surface area contributed by atoms with Crippen molar-refractivity contribution in [1.82, 2.24) is 0 Å². The second-order valence-electron chi connectivity index (χ2n) is 5.78. The first kappa shape index (κ1) is 14.9. The number of ether oxygens (including phenoxy) is 1. The van der Waals surface area contributed by atoms with Crippen molar-refractivity contribution in [2.24, 2.45) is 5.92 Å². The predicted octanol–water partition coefficient (Wildman–Crippen LogP) is 3.19. The van der Waals surface area contributed by atoms with Crippen LogP contribution in [0.4, 0.5) is 11.4 Å². The summed E-state index contributed by atoms with van der Waals surface area (Å²) in [7, 11) is 0. The summed E-state index contributed by atoms with van der Waals surface area (Å²) in [4.78, 5) is 12.1. The van der Waals surface area contributed by atoms with Gasteiger partial charge in [0.05, 0.1) is 6.10 Å². The van der Waals surface area contributed by atoms with E-state index in [9.17, 15) is 4.79 Å². The monoisotopic (exact) mass is 276 g/mol. The third-order valence-corrected chi connectivity index (χ3v) is 3.83. The number of nitrogens with one attached hydrogen (secondary N) is 1. The maximum atomic E-state index is 12.1. The molecule has 1 saturated carbocycles. The largest absolute Gasteiger partial charge is 0.399 e. The van der Waals surface area contributed by atoms with Gasteiger partial charge < -0.3 is 15.8 Å². The van der Waals surface area contributed by atoms with Gasteiger partial charge in [0.2, 0.25) is 0 Å². The number of hydrogen-bond donors (Lipinski definition) is 2. The zero-order chi connectivity index (χ0) is 14.5. The third kappa shape index (κ3) is 4.23. The zero-order valence-corrected chi connectivity index (χ0v) is 12.3. The van der Waals surface area contributed by atoms with Crippen molar-refractivity contribution in [2.45, 2.75) is 51.7 Å². The standard InChI is InChI=1S/C16H24N2O2/c1-11-4-3-5-15(10-11)20-12(2)16(19)18-14-8-6-13(17)7-9-14/h6-9,11-12,15H,3-5,10,17H2,1-2H3,(H,18,19). The molecule has 0 heterocycles. The molecule has 3 atom stereocenters. The Morgan fingerprint density at radius 3 is 2.70 bits per heavy atom. The normalized spacial score (nSPS) is 24.1. The Labute approximate surface area is 120 Å². The van der Waals surface area contributed by atoms with Gasteiger partial charge in [0, 0.05) is 11.4 Å². The summed E-state index contributed by atoms with van der Waals surface area (Å²) in [5, 5.41) is 2.85. The summed E-state index contributed by atoms with van der Waals surface area (Å²) in [5.74, 6) is 0.592. The van der Waals surface area contributed by atoms with Gasteiger partial charge in [0.25, 0.3) is 5.91 Å². The van der Waals surface area contributed by atoms with E-state index in [2.05, 4.69) is 12.2 Å². The second kappa shape index (κ2) is 6.75. The number of rotatable bonds is 4.